The van der Waals surface area contributed by atoms with Crippen LogP contribution in [0.2, 0.25) is 0 Å². The number of ether oxygens (including phenoxy) is 1. The highest BCUT2D eigenvalue weighted by atomic mass is 32.2. The van der Waals surface area contributed by atoms with E-state index in [1.807, 2.05) is 43.7 Å². The van der Waals surface area contributed by atoms with Gasteiger partial charge in [-0.3, -0.25) is 9.36 Å². The first kappa shape index (κ1) is 19.9. The molecule has 144 valence electrons. The topological polar surface area (TPSA) is 61.9 Å². The van der Waals surface area contributed by atoms with E-state index in [4.69, 9.17) is 4.74 Å². The molecule has 0 spiro atoms. The lowest BCUT2D eigenvalue weighted by Gasteiger charge is -2.09. The van der Waals surface area contributed by atoms with Gasteiger partial charge in [0, 0.05) is 47.9 Å². The third-order valence-corrected chi connectivity index (χ3v) is 6.35. The molecule has 0 atom stereocenters. The first-order valence-corrected chi connectivity index (χ1v) is 10.6. The van der Waals surface area contributed by atoms with E-state index in [1.165, 1.54) is 11.8 Å². The molecule has 0 fully saturated rings. The minimum atomic E-state index is 0.104. The number of carbonyl (C=O) groups excluding carboxylic acids is 1. The first-order chi connectivity index (χ1) is 12.9. The summed E-state index contributed by atoms with van der Waals surface area (Å²) < 4.78 is 9.35. The third-order valence-electron chi connectivity index (χ3n) is 4.62. The Morgan fingerprint density at radius 3 is 2.70 bits per heavy atom. The quantitative estimate of drug-likeness (QED) is 0.420. The summed E-state index contributed by atoms with van der Waals surface area (Å²) in [5.41, 5.74) is 4.80. The standard InChI is InChI=1S/C19H24N4O2S2/c1-12-10-16(15(4)23(12)18-20-6-9-26-18)17(24)11-27-19-21-13(2)14(3)22(19)7-8-25-5/h6,9-10H,7-8,11H2,1-5H3. The molecule has 6 nitrogen and oxygen atoms in total. The van der Waals surface area contributed by atoms with Crippen LogP contribution in [0.5, 0.6) is 0 Å². The van der Waals surface area contributed by atoms with E-state index in [-0.39, 0.29) is 5.78 Å². The Balaban J connectivity index is 1.78. The number of imidazole rings is 1. The molecule has 0 aromatic carbocycles. The average Bonchev–Trinajstić information content (AvgIpc) is 3.32. The van der Waals surface area contributed by atoms with Gasteiger partial charge in [-0.1, -0.05) is 11.8 Å². The van der Waals surface area contributed by atoms with Crippen LogP contribution in [0.25, 0.3) is 5.13 Å². The second kappa shape index (κ2) is 8.41. The predicted octanol–water partition coefficient (Wildman–Crippen LogP) is 3.99. The molecular weight excluding hydrogens is 380 g/mol. The molecule has 8 heteroatoms. The van der Waals surface area contributed by atoms with Crippen molar-refractivity contribution in [3.8, 4) is 5.13 Å². The maximum atomic E-state index is 12.9. The smallest absolute Gasteiger partial charge is 0.193 e. The fraction of sp³-hybridized carbons (Fsp3) is 0.421. The molecule has 0 saturated heterocycles. The maximum absolute atomic E-state index is 12.9. The highest BCUT2D eigenvalue weighted by molar-refractivity contribution is 7.99. The van der Waals surface area contributed by atoms with Crippen LogP contribution in [-0.4, -0.2) is 44.4 Å². The molecular formula is C19H24N4O2S2. The lowest BCUT2D eigenvalue weighted by molar-refractivity contribution is 0.102. The molecule has 0 amide bonds. The molecule has 0 aliphatic carbocycles. The lowest BCUT2D eigenvalue weighted by atomic mass is 10.2. The second-order valence-electron chi connectivity index (χ2n) is 6.36. The molecule has 3 rings (SSSR count). The number of hydrogen-bond donors (Lipinski definition) is 0. The van der Waals surface area contributed by atoms with Crippen molar-refractivity contribution in [1.82, 2.24) is 19.1 Å². The van der Waals surface area contributed by atoms with Gasteiger partial charge in [-0.15, -0.1) is 11.3 Å². The highest BCUT2D eigenvalue weighted by Crippen LogP contribution is 2.26. The summed E-state index contributed by atoms with van der Waals surface area (Å²) in [5, 5.41) is 3.69. The van der Waals surface area contributed by atoms with Gasteiger partial charge >= 0.3 is 0 Å². The summed E-state index contributed by atoms with van der Waals surface area (Å²) in [6.07, 6.45) is 1.78. The normalized spacial score (nSPS) is 11.3. The summed E-state index contributed by atoms with van der Waals surface area (Å²) in [5.74, 6) is 0.456. The first-order valence-electron chi connectivity index (χ1n) is 8.71. The van der Waals surface area contributed by atoms with Crippen LogP contribution >= 0.6 is 23.1 Å². The third kappa shape index (κ3) is 4.02. The van der Waals surface area contributed by atoms with Crippen LogP contribution in [-0.2, 0) is 11.3 Å². The molecule has 3 aromatic heterocycles. The van der Waals surface area contributed by atoms with Crippen molar-refractivity contribution in [3.05, 3.63) is 46.0 Å². The highest BCUT2D eigenvalue weighted by Gasteiger charge is 2.19. The van der Waals surface area contributed by atoms with Crippen molar-refractivity contribution in [2.24, 2.45) is 0 Å². The van der Waals surface area contributed by atoms with Crippen LogP contribution in [0, 0.1) is 27.7 Å². The lowest BCUT2D eigenvalue weighted by Crippen LogP contribution is -2.09. The van der Waals surface area contributed by atoms with Crippen LogP contribution in [0.3, 0.4) is 0 Å². The summed E-state index contributed by atoms with van der Waals surface area (Å²) in [7, 11) is 1.69. The van der Waals surface area contributed by atoms with Crippen molar-refractivity contribution in [3.63, 3.8) is 0 Å². The Bertz CT molecular complexity index is 942. The van der Waals surface area contributed by atoms with Crippen molar-refractivity contribution in [2.45, 2.75) is 39.4 Å². The number of ketones is 1. The fourth-order valence-corrected chi connectivity index (χ4v) is 4.81. The van der Waals surface area contributed by atoms with Gasteiger partial charge in [0.15, 0.2) is 16.1 Å². The Labute approximate surface area is 167 Å². The number of carbonyl (C=O) groups is 1. The van der Waals surface area contributed by atoms with Crippen molar-refractivity contribution < 1.29 is 9.53 Å². The Morgan fingerprint density at radius 2 is 2.04 bits per heavy atom. The molecule has 0 unspecified atom stereocenters. The fourth-order valence-electron chi connectivity index (χ4n) is 3.05. The SMILES string of the molecule is COCCn1c(SCC(=O)c2cc(C)n(-c3nccs3)c2C)nc(C)c1C. The molecule has 27 heavy (non-hydrogen) atoms. The number of hydrogen-bond acceptors (Lipinski definition) is 6. The Hall–Kier alpha value is -1.90. The maximum Gasteiger partial charge on any atom is 0.193 e. The zero-order valence-corrected chi connectivity index (χ0v) is 17.9. The molecule has 0 aliphatic heterocycles. The van der Waals surface area contributed by atoms with E-state index in [0.717, 1.165) is 45.2 Å². The van der Waals surface area contributed by atoms with Crippen LogP contribution < -0.4 is 0 Å². The van der Waals surface area contributed by atoms with Gasteiger partial charge in [0.1, 0.15) is 0 Å². The molecule has 3 heterocycles. The molecule has 0 saturated carbocycles. The summed E-state index contributed by atoms with van der Waals surface area (Å²) in [6, 6.07) is 1.95. The molecule has 3 aromatic rings. The van der Waals surface area contributed by atoms with Gasteiger partial charge in [0.05, 0.1) is 18.1 Å². The predicted molar refractivity (Wildman–Crippen MR) is 110 cm³/mol. The van der Waals surface area contributed by atoms with Crippen LogP contribution in [0.1, 0.15) is 33.1 Å². The number of rotatable bonds is 8. The number of thiazole rings is 1. The number of aromatic nitrogens is 4. The van der Waals surface area contributed by atoms with Gasteiger partial charge in [0.2, 0.25) is 0 Å². The number of nitrogens with zero attached hydrogens (tertiary/aromatic N) is 4. The van der Waals surface area contributed by atoms with Crippen molar-refractivity contribution in [1.29, 1.82) is 0 Å². The molecule has 0 N–H and O–H groups in total. The monoisotopic (exact) mass is 404 g/mol. The van der Waals surface area contributed by atoms with Gasteiger partial charge in [-0.25, -0.2) is 9.97 Å². The largest absolute Gasteiger partial charge is 0.383 e. The molecule has 0 bridgehead atoms. The number of thioether (sulfide) groups is 1. The summed E-state index contributed by atoms with van der Waals surface area (Å²) in [4.78, 5) is 21.9. The average molecular weight is 405 g/mol. The van der Waals surface area contributed by atoms with E-state index in [9.17, 15) is 4.79 Å². The minimum absolute atomic E-state index is 0.104. The van der Waals surface area contributed by atoms with Crippen LogP contribution in [0.15, 0.2) is 22.8 Å². The summed E-state index contributed by atoms with van der Waals surface area (Å²) >= 11 is 3.04. The van der Waals surface area contributed by atoms with Crippen molar-refractivity contribution in [2.75, 3.05) is 19.5 Å². The Kier molecular flexibility index (Phi) is 6.18. The van der Waals surface area contributed by atoms with Crippen molar-refractivity contribution >= 4 is 28.9 Å². The zero-order chi connectivity index (χ0) is 19.6. The van der Waals surface area contributed by atoms with Gasteiger partial charge < -0.3 is 9.30 Å². The zero-order valence-electron chi connectivity index (χ0n) is 16.3. The van der Waals surface area contributed by atoms with E-state index in [0.29, 0.717) is 12.4 Å². The number of aryl methyl sites for hydroxylation is 2. The second-order valence-corrected chi connectivity index (χ2v) is 8.17. The van der Waals surface area contributed by atoms with E-state index in [2.05, 4.69) is 14.5 Å². The van der Waals surface area contributed by atoms with E-state index < -0.39 is 0 Å². The molecule has 0 radical (unpaired) electrons. The van der Waals surface area contributed by atoms with E-state index in [1.54, 1.807) is 24.6 Å². The van der Waals surface area contributed by atoms with E-state index >= 15 is 0 Å². The minimum Gasteiger partial charge on any atom is -0.383 e. The van der Waals surface area contributed by atoms with Gasteiger partial charge in [-0.2, -0.15) is 0 Å². The van der Waals surface area contributed by atoms with Gasteiger partial charge in [-0.05, 0) is 33.8 Å². The molecule has 0 aliphatic rings. The van der Waals surface area contributed by atoms with Crippen LogP contribution in [0.4, 0.5) is 0 Å². The Morgan fingerprint density at radius 1 is 1.26 bits per heavy atom. The number of Topliss-reactive ketones (excluding diaryl/α,β-unsaturated/α-hetero) is 1. The summed E-state index contributed by atoms with van der Waals surface area (Å²) in [6.45, 7) is 9.37. The van der Waals surface area contributed by atoms with Gasteiger partial charge in [0.25, 0.3) is 0 Å². The number of methoxy groups -OCH3 is 1.